The van der Waals surface area contributed by atoms with Crippen molar-refractivity contribution in [3.05, 3.63) is 54.7 Å². The van der Waals surface area contributed by atoms with Crippen LogP contribution in [0.4, 0.5) is 32.2 Å². The average Bonchev–Trinajstić information content (AvgIpc) is 3.21. The number of benzene rings is 1. The predicted molar refractivity (Wildman–Crippen MR) is 158 cm³/mol. The van der Waals surface area contributed by atoms with E-state index in [1.807, 2.05) is 0 Å². The van der Waals surface area contributed by atoms with Crippen LogP contribution in [0.3, 0.4) is 0 Å². The van der Waals surface area contributed by atoms with Gasteiger partial charge in [-0.1, -0.05) is 58.0 Å². The third kappa shape index (κ3) is 9.47. The van der Waals surface area contributed by atoms with Crippen LogP contribution in [-0.2, 0) is 37.8 Å². The first-order valence-corrected chi connectivity index (χ1v) is 16.7. The van der Waals surface area contributed by atoms with Crippen LogP contribution in [0.2, 0.25) is 25.2 Å². The lowest BCUT2D eigenvalue weighted by Gasteiger charge is -2.20. The largest absolute Gasteiger partial charge is 0.476 e. The lowest BCUT2D eigenvalue weighted by molar-refractivity contribution is -0.137. The third-order valence-electron chi connectivity index (χ3n) is 4.56. The van der Waals surface area contributed by atoms with Crippen LogP contribution in [0.25, 0.3) is 5.69 Å². The van der Waals surface area contributed by atoms with Crippen molar-refractivity contribution in [1.82, 2.24) is 14.8 Å². The molecular weight excluding hydrogens is 773 g/mol. The van der Waals surface area contributed by atoms with Crippen LogP contribution in [0.1, 0.15) is 25.1 Å². The lowest BCUT2D eigenvalue weighted by atomic mass is 10.2. The van der Waals surface area contributed by atoms with Gasteiger partial charge in [-0.25, -0.2) is 8.89 Å². The van der Waals surface area contributed by atoms with E-state index in [1.54, 1.807) is 13.8 Å². The first-order chi connectivity index (χ1) is 20.2. The molecule has 1 aromatic carbocycles. The summed E-state index contributed by atoms with van der Waals surface area (Å²) in [6.45, 7) is 1.37. The molecule has 0 radical (unpaired) electrons. The van der Waals surface area contributed by atoms with Crippen molar-refractivity contribution in [2.24, 2.45) is 0 Å². The Morgan fingerprint density at radius 2 is 1.52 bits per heavy atom. The molecule has 2 aromatic heterocycles. The summed E-state index contributed by atoms with van der Waals surface area (Å²) in [6, 6.07) is 3.61. The third-order valence-corrected chi connectivity index (χ3v) is 9.68. The van der Waals surface area contributed by atoms with Gasteiger partial charge in [0, 0.05) is 11.8 Å². The fourth-order valence-corrected chi connectivity index (χ4v) is 6.90. The monoisotopic (exact) mass is 785 g/mol. The fraction of sp³-hybridized carbons (Fsp3) is 0.286. The van der Waals surface area contributed by atoms with Gasteiger partial charge in [-0.15, -0.1) is 0 Å². The van der Waals surface area contributed by atoms with E-state index < -0.39 is 66.9 Å². The number of nitrogen functional groups attached to an aromatic ring is 1. The number of hydrogen-bond acceptors (Lipinski definition) is 9. The highest BCUT2D eigenvalue weighted by Crippen LogP contribution is 2.51. The van der Waals surface area contributed by atoms with Crippen molar-refractivity contribution in [1.29, 1.82) is 5.26 Å². The number of halogens is 11. The second kappa shape index (κ2) is 15.3. The minimum Gasteiger partial charge on any atom is -0.404 e. The van der Waals surface area contributed by atoms with Gasteiger partial charge in [0.25, 0.3) is 0 Å². The van der Waals surface area contributed by atoms with Gasteiger partial charge in [-0.2, -0.15) is 41.7 Å². The maximum absolute atomic E-state index is 12.7. The predicted octanol–water partition coefficient (Wildman–Crippen LogP) is 9.00. The van der Waals surface area contributed by atoms with E-state index in [2.05, 4.69) is 10.1 Å². The number of nitrogens with two attached hydrogens (primary N) is 1. The Hall–Kier alpha value is -1.58. The number of pyridine rings is 1. The van der Waals surface area contributed by atoms with Crippen molar-refractivity contribution in [3.8, 4) is 17.6 Å². The highest BCUT2D eigenvalue weighted by Gasteiger charge is 2.43. The van der Waals surface area contributed by atoms with E-state index in [-0.39, 0.29) is 21.1 Å². The number of anilines is 1. The standard InChI is InChI=1S/C12H4Cl2F6N4OS.C9H11Cl3NO3PS/c13-5-1-4(11(15,16)17)2-6(14)8(5)24-10(22)9(7(3-21)23-24)26(25)12(18,19)20;1-3-14-17(18,15-4-2)16-9-7(11)5-6(10)8(12)13-9/h1-2H,22H2;5H,3-4H2,1-2H3. The molecule has 1 atom stereocenters. The maximum Gasteiger partial charge on any atom is 0.476 e. The number of nitriles is 1. The molecule has 0 spiro atoms. The number of rotatable bonds is 8. The van der Waals surface area contributed by atoms with Crippen LogP contribution in [0, 0.1) is 11.3 Å². The van der Waals surface area contributed by atoms with Gasteiger partial charge in [0.15, 0.2) is 21.6 Å². The van der Waals surface area contributed by atoms with Gasteiger partial charge in [0.05, 0.1) is 33.8 Å². The molecule has 9 nitrogen and oxygen atoms in total. The molecule has 0 fully saturated rings. The van der Waals surface area contributed by atoms with Gasteiger partial charge in [-0.3, -0.25) is 9.05 Å². The maximum atomic E-state index is 12.7. The highest BCUT2D eigenvalue weighted by atomic mass is 35.5. The van der Waals surface area contributed by atoms with Crippen molar-refractivity contribution in [2.75, 3.05) is 18.9 Å². The molecule has 1 unspecified atom stereocenters. The smallest absolute Gasteiger partial charge is 0.404 e. The zero-order valence-electron chi connectivity index (χ0n) is 21.6. The summed E-state index contributed by atoms with van der Waals surface area (Å²) >= 11 is 34.2. The summed E-state index contributed by atoms with van der Waals surface area (Å²) in [5, 5.41) is 11.6. The van der Waals surface area contributed by atoms with E-state index in [0.717, 1.165) is 0 Å². The van der Waals surface area contributed by atoms with Crippen molar-refractivity contribution >= 4 is 93.1 Å². The second-order valence-corrected chi connectivity index (χ2v) is 13.8. The SMILES string of the molecule is CCOP(=S)(OCC)Oc1nc(Cl)c(Cl)cc1Cl.N#Cc1nn(-c2c(Cl)cc(C(F)(F)F)cc2Cl)c(N)c1S(=O)C(F)(F)F. The van der Waals surface area contributed by atoms with Crippen LogP contribution < -0.4 is 10.3 Å². The lowest BCUT2D eigenvalue weighted by Crippen LogP contribution is -2.18. The normalized spacial score (nSPS) is 12.7. The number of aromatic nitrogens is 3. The molecule has 0 saturated heterocycles. The van der Waals surface area contributed by atoms with E-state index in [4.69, 9.17) is 94.4 Å². The zero-order chi connectivity index (χ0) is 33.8. The molecule has 3 aromatic rings. The molecule has 0 aliphatic heterocycles. The first-order valence-electron chi connectivity index (χ1n) is 11.1. The minimum absolute atomic E-state index is 0.0521. The summed E-state index contributed by atoms with van der Waals surface area (Å²) in [6.07, 6.45) is -4.79. The molecule has 242 valence electrons. The highest BCUT2D eigenvalue weighted by molar-refractivity contribution is 8.07. The summed E-state index contributed by atoms with van der Waals surface area (Å²) in [5.41, 5.74) is -2.42. The number of alkyl halides is 6. The molecule has 44 heavy (non-hydrogen) atoms. The summed E-state index contributed by atoms with van der Waals surface area (Å²) in [5.74, 6) is -0.850. The van der Waals surface area contributed by atoms with Gasteiger partial charge < -0.3 is 10.3 Å². The summed E-state index contributed by atoms with van der Waals surface area (Å²) < 4.78 is 104. The molecule has 3 rings (SSSR count). The number of nitrogens with zero attached hydrogens (tertiary/aromatic N) is 4. The minimum atomic E-state index is -5.25. The summed E-state index contributed by atoms with van der Waals surface area (Å²) in [7, 11) is -3.71. The molecule has 0 saturated carbocycles. The summed E-state index contributed by atoms with van der Waals surface area (Å²) in [4.78, 5) is 2.76. The molecule has 23 heteroatoms. The van der Waals surface area contributed by atoms with E-state index in [1.165, 1.54) is 12.1 Å². The Bertz CT molecular complexity index is 1620. The topological polar surface area (TPSA) is 125 Å². The second-order valence-electron chi connectivity index (χ2n) is 7.51. The van der Waals surface area contributed by atoms with Gasteiger partial charge in [0.2, 0.25) is 5.88 Å². The first kappa shape index (κ1) is 38.6. The molecule has 0 aliphatic rings. The quantitative estimate of drug-likeness (QED) is 0.135. The van der Waals surface area contributed by atoms with Crippen LogP contribution in [-0.4, -0.2) is 37.7 Å². The zero-order valence-corrected chi connectivity index (χ0v) is 27.9. The Kier molecular flexibility index (Phi) is 13.5. The average molecular weight is 788 g/mol. The Morgan fingerprint density at radius 3 is 1.95 bits per heavy atom. The molecule has 2 N–H and O–H groups in total. The van der Waals surface area contributed by atoms with Crippen molar-refractivity contribution < 1.29 is 44.1 Å². The Morgan fingerprint density at radius 1 is 1.00 bits per heavy atom. The Labute approximate surface area is 277 Å². The fourth-order valence-electron chi connectivity index (χ4n) is 2.90. The van der Waals surface area contributed by atoms with Crippen LogP contribution in [0.5, 0.6) is 5.88 Å². The molecule has 0 bridgehead atoms. The number of hydrogen-bond donors (Lipinski definition) is 1. The van der Waals surface area contributed by atoms with Crippen molar-refractivity contribution in [3.63, 3.8) is 0 Å². The van der Waals surface area contributed by atoms with E-state index in [0.29, 0.717) is 30.0 Å². The van der Waals surface area contributed by atoms with Gasteiger partial charge in [0.1, 0.15) is 27.5 Å². The molecule has 0 amide bonds. The van der Waals surface area contributed by atoms with Crippen molar-refractivity contribution in [2.45, 2.75) is 30.4 Å². The van der Waals surface area contributed by atoms with Crippen LogP contribution in [0.15, 0.2) is 23.1 Å². The van der Waals surface area contributed by atoms with Crippen LogP contribution >= 0.6 is 64.7 Å². The molecular formula is C21H15Cl5F6N5O4PS2. The molecule has 2 heterocycles. The van der Waals surface area contributed by atoms with E-state index in [9.17, 15) is 30.6 Å². The van der Waals surface area contributed by atoms with Gasteiger partial charge >= 0.3 is 18.4 Å². The van der Waals surface area contributed by atoms with E-state index >= 15 is 0 Å². The molecule has 0 aliphatic carbocycles. The Balaban J connectivity index is 0.000000329. The van der Waals surface area contributed by atoms with Gasteiger partial charge in [-0.05, 0) is 32.0 Å².